The highest BCUT2D eigenvalue weighted by Gasteiger charge is 2.30. The molecule has 1 aliphatic rings. The topological polar surface area (TPSA) is 58.6 Å². The lowest BCUT2D eigenvalue weighted by atomic mass is 10.1. The Morgan fingerprint density at radius 3 is 2.67 bits per heavy atom. The SMILES string of the molecule is Cc1ccc(OC(C)C(=O)N2CC(=O)Nc3ccccc32)cc1C. The Balaban J connectivity index is 1.80. The second-order valence-corrected chi connectivity index (χ2v) is 6.00. The van der Waals surface area contributed by atoms with Gasteiger partial charge in [0.1, 0.15) is 12.3 Å². The first-order chi connectivity index (χ1) is 11.5. The molecule has 0 saturated carbocycles. The summed E-state index contributed by atoms with van der Waals surface area (Å²) in [7, 11) is 0. The summed E-state index contributed by atoms with van der Waals surface area (Å²) in [6.07, 6.45) is -0.689. The van der Waals surface area contributed by atoms with E-state index in [1.807, 2.05) is 50.2 Å². The zero-order valence-corrected chi connectivity index (χ0v) is 14.0. The van der Waals surface area contributed by atoms with Crippen LogP contribution in [0.1, 0.15) is 18.1 Å². The van der Waals surface area contributed by atoms with E-state index in [4.69, 9.17) is 4.74 Å². The van der Waals surface area contributed by atoms with Crippen molar-refractivity contribution in [3.05, 3.63) is 53.6 Å². The summed E-state index contributed by atoms with van der Waals surface area (Å²) in [5.41, 5.74) is 3.61. The predicted octanol–water partition coefficient (Wildman–Crippen LogP) is 3.06. The average Bonchev–Trinajstić information content (AvgIpc) is 2.56. The van der Waals surface area contributed by atoms with Crippen LogP contribution in [0.5, 0.6) is 5.75 Å². The molecule has 24 heavy (non-hydrogen) atoms. The van der Waals surface area contributed by atoms with Crippen LogP contribution in [0, 0.1) is 13.8 Å². The van der Waals surface area contributed by atoms with Gasteiger partial charge in [0.2, 0.25) is 5.91 Å². The van der Waals surface area contributed by atoms with Gasteiger partial charge in [-0.05, 0) is 56.2 Å². The zero-order valence-electron chi connectivity index (χ0n) is 14.0. The van der Waals surface area contributed by atoms with Crippen molar-refractivity contribution in [2.45, 2.75) is 26.9 Å². The van der Waals surface area contributed by atoms with E-state index >= 15 is 0 Å². The van der Waals surface area contributed by atoms with Crippen molar-refractivity contribution in [2.75, 3.05) is 16.8 Å². The number of nitrogens with one attached hydrogen (secondary N) is 1. The van der Waals surface area contributed by atoms with Gasteiger partial charge in [-0.15, -0.1) is 0 Å². The Kier molecular flexibility index (Phi) is 4.25. The van der Waals surface area contributed by atoms with E-state index in [2.05, 4.69) is 5.32 Å². The van der Waals surface area contributed by atoms with Crippen molar-refractivity contribution in [3.8, 4) is 5.75 Å². The number of nitrogens with zero attached hydrogens (tertiary/aromatic N) is 1. The van der Waals surface area contributed by atoms with E-state index in [-0.39, 0.29) is 18.4 Å². The molecule has 1 atom stereocenters. The first kappa shape index (κ1) is 16.1. The number of hydrogen-bond acceptors (Lipinski definition) is 3. The van der Waals surface area contributed by atoms with Crippen LogP contribution in [0.3, 0.4) is 0 Å². The monoisotopic (exact) mass is 324 g/mol. The van der Waals surface area contributed by atoms with Crippen LogP contribution in [0.15, 0.2) is 42.5 Å². The molecular formula is C19H20N2O3. The third-order valence-corrected chi connectivity index (χ3v) is 4.18. The highest BCUT2D eigenvalue weighted by Crippen LogP contribution is 2.29. The van der Waals surface area contributed by atoms with Crippen molar-refractivity contribution in [1.29, 1.82) is 0 Å². The van der Waals surface area contributed by atoms with Gasteiger partial charge in [0, 0.05) is 0 Å². The second-order valence-electron chi connectivity index (χ2n) is 6.00. The van der Waals surface area contributed by atoms with Crippen LogP contribution in [-0.2, 0) is 9.59 Å². The molecular weight excluding hydrogens is 304 g/mol. The standard InChI is InChI=1S/C19H20N2O3/c1-12-8-9-15(10-13(12)2)24-14(3)19(23)21-11-18(22)20-16-6-4-5-7-17(16)21/h4-10,14H,11H2,1-3H3,(H,20,22). The van der Waals surface area contributed by atoms with Gasteiger partial charge in [0.15, 0.2) is 6.10 Å². The zero-order chi connectivity index (χ0) is 17.3. The normalized spacial score (nSPS) is 14.6. The van der Waals surface area contributed by atoms with Gasteiger partial charge in [-0.2, -0.15) is 0 Å². The maximum absolute atomic E-state index is 12.8. The summed E-state index contributed by atoms with van der Waals surface area (Å²) in [5.74, 6) is 0.199. The molecule has 1 N–H and O–H groups in total. The van der Waals surface area contributed by atoms with Crippen molar-refractivity contribution in [2.24, 2.45) is 0 Å². The lowest BCUT2D eigenvalue weighted by Gasteiger charge is -2.31. The molecule has 2 amide bonds. The molecule has 0 spiro atoms. The molecule has 0 aromatic heterocycles. The van der Waals surface area contributed by atoms with Gasteiger partial charge in [0.05, 0.1) is 11.4 Å². The number of anilines is 2. The molecule has 1 aliphatic heterocycles. The van der Waals surface area contributed by atoms with Crippen LogP contribution in [0.4, 0.5) is 11.4 Å². The molecule has 0 fully saturated rings. The maximum Gasteiger partial charge on any atom is 0.268 e. The molecule has 5 nitrogen and oxygen atoms in total. The Morgan fingerprint density at radius 2 is 1.92 bits per heavy atom. The molecule has 0 radical (unpaired) electrons. The predicted molar refractivity (Wildman–Crippen MR) is 93.4 cm³/mol. The van der Waals surface area contributed by atoms with Gasteiger partial charge in [-0.1, -0.05) is 18.2 Å². The van der Waals surface area contributed by atoms with Crippen LogP contribution in [-0.4, -0.2) is 24.5 Å². The Labute approximate surface area is 141 Å². The summed E-state index contributed by atoms with van der Waals surface area (Å²) in [6.45, 7) is 5.72. The molecule has 0 bridgehead atoms. The van der Waals surface area contributed by atoms with E-state index in [1.54, 1.807) is 13.0 Å². The van der Waals surface area contributed by atoms with E-state index in [1.165, 1.54) is 10.5 Å². The molecule has 5 heteroatoms. The Bertz CT molecular complexity index is 801. The third kappa shape index (κ3) is 3.11. The lowest BCUT2D eigenvalue weighted by molar-refractivity contribution is -0.126. The van der Waals surface area contributed by atoms with E-state index in [9.17, 15) is 9.59 Å². The number of fused-ring (bicyclic) bond motifs is 1. The fourth-order valence-electron chi connectivity index (χ4n) is 2.69. The van der Waals surface area contributed by atoms with Gasteiger partial charge in [-0.25, -0.2) is 0 Å². The molecule has 0 saturated heterocycles. The van der Waals surface area contributed by atoms with Crippen molar-refractivity contribution < 1.29 is 14.3 Å². The summed E-state index contributed by atoms with van der Waals surface area (Å²) < 4.78 is 5.79. The van der Waals surface area contributed by atoms with Gasteiger partial charge in [0.25, 0.3) is 5.91 Å². The summed E-state index contributed by atoms with van der Waals surface area (Å²) in [5, 5.41) is 2.77. The number of ether oxygens (including phenoxy) is 1. The fourth-order valence-corrected chi connectivity index (χ4v) is 2.69. The number of para-hydroxylation sites is 2. The average molecular weight is 324 g/mol. The van der Waals surface area contributed by atoms with Crippen LogP contribution >= 0.6 is 0 Å². The first-order valence-corrected chi connectivity index (χ1v) is 7.90. The van der Waals surface area contributed by atoms with E-state index in [0.29, 0.717) is 17.1 Å². The summed E-state index contributed by atoms with van der Waals surface area (Å²) in [4.78, 5) is 26.1. The molecule has 1 heterocycles. The number of carbonyl (C=O) groups excluding carboxylic acids is 2. The number of carbonyl (C=O) groups is 2. The highest BCUT2D eigenvalue weighted by atomic mass is 16.5. The quantitative estimate of drug-likeness (QED) is 0.944. The van der Waals surface area contributed by atoms with Crippen molar-refractivity contribution in [1.82, 2.24) is 0 Å². The number of amides is 2. The smallest absolute Gasteiger partial charge is 0.268 e. The van der Waals surface area contributed by atoms with Crippen LogP contribution in [0.2, 0.25) is 0 Å². The second kappa shape index (κ2) is 6.35. The molecule has 0 aliphatic carbocycles. The van der Waals surface area contributed by atoms with Crippen molar-refractivity contribution >= 4 is 23.2 Å². The van der Waals surface area contributed by atoms with Gasteiger partial charge < -0.3 is 10.1 Å². The van der Waals surface area contributed by atoms with Gasteiger partial charge in [-0.3, -0.25) is 14.5 Å². The highest BCUT2D eigenvalue weighted by molar-refractivity contribution is 6.10. The Hall–Kier alpha value is -2.82. The number of rotatable bonds is 3. The maximum atomic E-state index is 12.8. The minimum Gasteiger partial charge on any atom is -0.481 e. The fraction of sp³-hybridized carbons (Fsp3) is 0.263. The summed E-state index contributed by atoms with van der Waals surface area (Å²) >= 11 is 0. The largest absolute Gasteiger partial charge is 0.481 e. The molecule has 3 rings (SSSR count). The number of aryl methyl sites for hydroxylation is 2. The van der Waals surface area contributed by atoms with Crippen molar-refractivity contribution in [3.63, 3.8) is 0 Å². The minimum absolute atomic E-state index is 0.00350. The third-order valence-electron chi connectivity index (χ3n) is 4.18. The summed E-state index contributed by atoms with van der Waals surface area (Å²) in [6, 6.07) is 13.0. The first-order valence-electron chi connectivity index (χ1n) is 7.90. The molecule has 124 valence electrons. The van der Waals surface area contributed by atoms with E-state index < -0.39 is 6.10 Å². The molecule has 1 unspecified atom stereocenters. The minimum atomic E-state index is -0.689. The van der Waals surface area contributed by atoms with Crippen LogP contribution < -0.4 is 15.0 Å². The Morgan fingerprint density at radius 1 is 1.17 bits per heavy atom. The van der Waals surface area contributed by atoms with Gasteiger partial charge >= 0.3 is 0 Å². The molecule has 2 aromatic rings. The number of benzene rings is 2. The van der Waals surface area contributed by atoms with E-state index in [0.717, 1.165) is 5.56 Å². The molecule has 2 aromatic carbocycles. The number of hydrogen-bond donors (Lipinski definition) is 1. The lowest BCUT2D eigenvalue weighted by Crippen LogP contribution is -2.47. The van der Waals surface area contributed by atoms with Crippen LogP contribution in [0.25, 0.3) is 0 Å².